The largest absolute Gasteiger partial charge is 0.507 e. The Morgan fingerprint density at radius 1 is 0.486 bits per heavy atom. The maximum Gasteiger partial charge on any atom is 0.121 e. The minimum Gasteiger partial charge on any atom is -0.507 e. The zero-order chi connectivity index (χ0) is 25.5. The molecule has 0 aliphatic carbocycles. The summed E-state index contributed by atoms with van der Waals surface area (Å²) in [5.41, 5.74) is 8.62. The van der Waals surface area contributed by atoms with E-state index in [0.717, 1.165) is 50.1 Å². The lowest BCUT2D eigenvalue weighted by Gasteiger charge is -2.38. The molecule has 0 bridgehead atoms. The Morgan fingerprint density at radius 2 is 0.771 bits per heavy atom. The Labute approximate surface area is 208 Å². The van der Waals surface area contributed by atoms with Crippen LogP contribution >= 0.6 is 0 Å². The van der Waals surface area contributed by atoms with E-state index in [1.807, 2.05) is 59.7 Å². The van der Waals surface area contributed by atoms with Gasteiger partial charge in [0.15, 0.2) is 0 Å². The van der Waals surface area contributed by atoms with E-state index in [1.54, 1.807) is 0 Å². The summed E-state index contributed by atoms with van der Waals surface area (Å²) in [5, 5.41) is 31.8. The van der Waals surface area contributed by atoms with E-state index < -0.39 is 5.41 Å². The lowest BCUT2D eigenvalue weighted by Crippen LogP contribution is -2.33. The second kappa shape index (κ2) is 9.14. The molecule has 0 saturated carbocycles. The number of phenolic OH excluding ortho intramolecular Hbond substituents is 3. The highest BCUT2D eigenvalue weighted by Crippen LogP contribution is 2.47. The van der Waals surface area contributed by atoms with E-state index in [2.05, 4.69) is 48.5 Å². The molecule has 0 aliphatic rings. The van der Waals surface area contributed by atoms with Crippen molar-refractivity contribution in [1.29, 1.82) is 0 Å². The molecular weight excluding hydrogens is 432 g/mol. The number of benzene rings is 4. The summed E-state index contributed by atoms with van der Waals surface area (Å²) < 4.78 is 0. The monoisotopic (exact) mass is 466 g/mol. The molecule has 3 heteroatoms. The second-order valence-electron chi connectivity index (χ2n) is 9.94. The van der Waals surface area contributed by atoms with E-state index in [-0.39, 0.29) is 0 Å². The van der Waals surface area contributed by atoms with Crippen LogP contribution in [0.5, 0.6) is 17.2 Å². The summed E-state index contributed by atoms with van der Waals surface area (Å²) in [4.78, 5) is 0. The summed E-state index contributed by atoms with van der Waals surface area (Å²) in [6.07, 6.45) is 0.671. The van der Waals surface area contributed by atoms with Crippen LogP contribution in [0.1, 0.15) is 55.6 Å². The molecule has 0 heterocycles. The molecule has 0 atom stereocenters. The molecule has 0 unspecified atom stereocenters. The molecule has 0 aromatic heterocycles. The maximum atomic E-state index is 10.6. The first-order chi connectivity index (χ1) is 16.5. The van der Waals surface area contributed by atoms with Gasteiger partial charge in [-0.3, -0.25) is 0 Å². The minimum absolute atomic E-state index is 0.304. The molecule has 0 saturated heterocycles. The summed E-state index contributed by atoms with van der Waals surface area (Å²) in [6, 6.07) is 22.8. The van der Waals surface area contributed by atoms with Gasteiger partial charge in [0.05, 0.1) is 0 Å². The van der Waals surface area contributed by atoms with Gasteiger partial charge in [0, 0.05) is 5.41 Å². The molecule has 180 valence electrons. The average molecular weight is 467 g/mol. The van der Waals surface area contributed by atoms with Gasteiger partial charge in [-0.2, -0.15) is 0 Å². The topological polar surface area (TPSA) is 60.7 Å². The van der Waals surface area contributed by atoms with Crippen molar-refractivity contribution in [2.75, 3.05) is 0 Å². The highest BCUT2D eigenvalue weighted by molar-refractivity contribution is 5.60. The fourth-order valence-corrected chi connectivity index (χ4v) is 5.32. The predicted octanol–water partition coefficient (Wildman–Crippen LogP) is 7.23. The third-order valence-corrected chi connectivity index (χ3v) is 7.26. The first-order valence-corrected chi connectivity index (χ1v) is 12.0. The zero-order valence-corrected chi connectivity index (χ0v) is 21.4. The van der Waals surface area contributed by atoms with Crippen molar-refractivity contribution in [2.24, 2.45) is 0 Å². The Kier molecular flexibility index (Phi) is 6.38. The zero-order valence-electron chi connectivity index (χ0n) is 21.4. The molecule has 3 nitrogen and oxygen atoms in total. The van der Waals surface area contributed by atoms with Gasteiger partial charge < -0.3 is 15.3 Å². The average Bonchev–Trinajstić information content (AvgIpc) is 2.82. The Balaban J connectivity index is 2.19. The molecule has 0 fully saturated rings. The molecule has 35 heavy (non-hydrogen) atoms. The highest BCUT2D eigenvalue weighted by atomic mass is 16.3. The number of rotatable bonds is 5. The van der Waals surface area contributed by atoms with Gasteiger partial charge >= 0.3 is 0 Å². The van der Waals surface area contributed by atoms with Crippen LogP contribution in [0.2, 0.25) is 0 Å². The molecular formula is C32H34O3. The van der Waals surface area contributed by atoms with Gasteiger partial charge in [0.2, 0.25) is 0 Å². The van der Waals surface area contributed by atoms with E-state index in [0.29, 0.717) is 23.7 Å². The third-order valence-electron chi connectivity index (χ3n) is 7.26. The standard InChI is InChI=1S/C32H34O3/c1-19-12-26(13-20(2)29(19)33)32(18-25-10-8-7-9-11-25,27-14-21(3)30(34)22(4)15-27)28-16-23(5)31(35)24(6)17-28/h7-17,33-35H,18H2,1-6H3. The maximum absolute atomic E-state index is 10.6. The number of hydrogen-bond acceptors (Lipinski definition) is 3. The number of aromatic hydroxyl groups is 3. The van der Waals surface area contributed by atoms with Crippen molar-refractivity contribution >= 4 is 0 Å². The van der Waals surface area contributed by atoms with Crippen molar-refractivity contribution in [3.63, 3.8) is 0 Å². The summed E-state index contributed by atoms with van der Waals surface area (Å²) in [7, 11) is 0. The quantitative estimate of drug-likeness (QED) is 0.272. The lowest BCUT2D eigenvalue weighted by atomic mass is 9.64. The molecule has 4 aromatic rings. The number of aryl methyl sites for hydroxylation is 6. The normalized spacial score (nSPS) is 11.6. The Bertz CT molecular complexity index is 1190. The first kappa shape index (κ1) is 24.4. The van der Waals surface area contributed by atoms with Crippen LogP contribution in [-0.2, 0) is 11.8 Å². The third kappa shape index (κ3) is 4.27. The van der Waals surface area contributed by atoms with Crippen molar-refractivity contribution in [3.05, 3.63) is 122 Å². The summed E-state index contributed by atoms with van der Waals surface area (Å²) in [5.74, 6) is 0.912. The van der Waals surface area contributed by atoms with Crippen molar-refractivity contribution in [3.8, 4) is 17.2 Å². The van der Waals surface area contributed by atoms with E-state index >= 15 is 0 Å². The van der Waals surface area contributed by atoms with Crippen LogP contribution in [0, 0.1) is 41.5 Å². The van der Waals surface area contributed by atoms with Gasteiger partial charge in [-0.1, -0.05) is 66.7 Å². The minimum atomic E-state index is -0.628. The molecule has 0 aliphatic heterocycles. The van der Waals surface area contributed by atoms with E-state index in [1.165, 1.54) is 5.56 Å². The first-order valence-electron chi connectivity index (χ1n) is 12.0. The van der Waals surface area contributed by atoms with Gasteiger partial charge in [0.1, 0.15) is 17.2 Å². The molecule has 4 rings (SSSR count). The van der Waals surface area contributed by atoms with Crippen LogP contribution in [0.4, 0.5) is 0 Å². The van der Waals surface area contributed by atoms with Crippen LogP contribution in [0.25, 0.3) is 0 Å². The van der Waals surface area contributed by atoms with Crippen LogP contribution in [0.3, 0.4) is 0 Å². The fourth-order valence-electron chi connectivity index (χ4n) is 5.32. The SMILES string of the molecule is Cc1cc(C(Cc2ccccc2)(c2cc(C)c(O)c(C)c2)c2cc(C)c(O)c(C)c2)cc(C)c1O. The second-order valence-corrected chi connectivity index (χ2v) is 9.94. The molecule has 4 aromatic carbocycles. The number of phenols is 3. The van der Waals surface area contributed by atoms with Crippen molar-refractivity contribution < 1.29 is 15.3 Å². The molecule has 0 amide bonds. The van der Waals surface area contributed by atoms with Gasteiger partial charge in [-0.25, -0.2) is 0 Å². The van der Waals surface area contributed by atoms with Gasteiger partial charge in [-0.15, -0.1) is 0 Å². The van der Waals surface area contributed by atoms with Gasteiger partial charge in [0.25, 0.3) is 0 Å². The predicted molar refractivity (Wildman–Crippen MR) is 143 cm³/mol. The smallest absolute Gasteiger partial charge is 0.121 e. The van der Waals surface area contributed by atoms with Crippen LogP contribution in [-0.4, -0.2) is 15.3 Å². The van der Waals surface area contributed by atoms with Crippen LogP contribution < -0.4 is 0 Å². The Morgan fingerprint density at radius 3 is 1.06 bits per heavy atom. The highest BCUT2D eigenvalue weighted by Gasteiger charge is 2.38. The lowest BCUT2D eigenvalue weighted by molar-refractivity contribution is 0.463. The van der Waals surface area contributed by atoms with Crippen molar-refractivity contribution in [2.45, 2.75) is 53.4 Å². The molecule has 3 N–H and O–H groups in total. The van der Waals surface area contributed by atoms with Gasteiger partial charge in [-0.05, 0) is 104 Å². The summed E-state index contributed by atoms with van der Waals surface area (Å²) in [6.45, 7) is 11.6. The molecule has 0 spiro atoms. The van der Waals surface area contributed by atoms with E-state index in [9.17, 15) is 15.3 Å². The van der Waals surface area contributed by atoms with Crippen molar-refractivity contribution in [1.82, 2.24) is 0 Å². The van der Waals surface area contributed by atoms with Crippen LogP contribution in [0.15, 0.2) is 66.7 Å². The number of hydrogen-bond donors (Lipinski definition) is 3. The van der Waals surface area contributed by atoms with E-state index in [4.69, 9.17) is 0 Å². The summed E-state index contributed by atoms with van der Waals surface area (Å²) >= 11 is 0. The molecule has 0 radical (unpaired) electrons. The Hall–Kier alpha value is -3.72. The fraction of sp³-hybridized carbons (Fsp3) is 0.250.